The lowest BCUT2D eigenvalue weighted by atomic mass is 10.1. The zero-order valence-electron chi connectivity index (χ0n) is 19.6. The van der Waals surface area contributed by atoms with E-state index in [1.807, 2.05) is 65.1 Å². The third-order valence-corrected chi connectivity index (χ3v) is 6.56. The van der Waals surface area contributed by atoms with Crippen molar-refractivity contribution in [3.63, 3.8) is 0 Å². The van der Waals surface area contributed by atoms with Gasteiger partial charge in [-0.15, -0.1) is 0 Å². The number of carbonyl (C=O) groups is 1. The molecule has 0 radical (unpaired) electrons. The molecule has 4 heterocycles. The van der Waals surface area contributed by atoms with Crippen molar-refractivity contribution in [2.75, 3.05) is 46.0 Å². The molecule has 178 valence electrons. The Morgan fingerprint density at radius 1 is 1.12 bits per heavy atom. The number of ether oxygens (including phenoxy) is 2. The maximum absolute atomic E-state index is 13.4. The molecule has 2 aliphatic heterocycles. The molecule has 8 heteroatoms. The van der Waals surface area contributed by atoms with Gasteiger partial charge in [0.1, 0.15) is 24.0 Å². The van der Waals surface area contributed by atoms with Crippen LogP contribution in [0.4, 0.5) is 0 Å². The van der Waals surface area contributed by atoms with E-state index in [-0.39, 0.29) is 11.9 Å². The lowest BCUT2D eigenvalue weighted by Crippen LogP contribution is -2.38. The van der Waals surface area contributed by atoms with Crippen LogP contribution in [0.25, 0.3) is 5.82 Å². The molecule has 0 unspecified atom stereocenters. The average Bonchev–Trinajstić information content (AvgIpc) is 3.54. The van der Waals surface area contributed by atoms with Gasteiger partial charge in [0.25, 0.3) is 5.91 Å². The number of hydrogen-bond donors (Lipinski definition) is 0. The van der Waals surface area contributed by atoms with E-state index >= 15 is 0 Å². The fourth-order valence-corrected chi connectivity index (χ4v) is 4.67. The monoisotopic (exact) mass is 461 g/mol. The lowest BCUT2D eigenvalue weighted by Gasteiger charge is -2.26. The maximum atomic E-state index is 13.4. The zero-order chi connectivity index (χ0) is 23.3. The Morgan fingerprint density at radius 2 is 1.94 bits per heavy atom. The van der Waals surface area contributed by atoms with Crippen molar-refractivity contribution in [3.05, 3.63) is 71.9 Å². The minimum atomic E-state index is -0.0271. The number of aromatic nitrogens is 3. The predicted octanol–water partition coefficient (Wildman–Crippen LogP) is 3.26. The Morgan fingerprint density at radius 3 is 2.71 bits per heavy atom. The van der Waals surface area contributed by atoms with Gasteiger partial charge in [0.2, 0.25) is 0 Å². The maximum Gasteiger partial charge on any atom is 0.254 e. The molecule has 0 aliphatic carbocycles. The minimum absolute atomic E-state index is 0.0271. The highest BCUT2D eigenvalue weighted by Crippen LogP contribution is 2.32. The van der Waals surface area contributed by atoms with Gasteiger partial charge in [0, 0.05) is 44.1 Å². The molecular formula is C26H31N5O3. The van der Waals surface area contributed by atoms with Gasteiger partial charge in [0.05, 0.1) is 24.9 Å². The third kappa shape index (κ3) is 4.98. The van der Waals surface area contributed by atoms with Crippen LogP contribution < -0.4 is 4.74 Å². The number of benzene rings is 1. The second-order valence-corrected chi connectivity index (χ2v) is 8.75. The van der Waals surface area contributed by atoms with E-state index < -0.39 is 0 Å². The average molecular weight is 462 g/mol. The summed E-state index contributed by atoms with van der Waals surface area (Å²) in [6, 6.07) is 13.5. The molecule has 0 spiro atoms. The first-order valence-corrected chi connectivity index (χ1v) is 12.0. The lowest BCUT2D eigenvalue weighted by molar-refractivity contribution is 0.0322. The molecule has 2 fully saturated rings. The number of amides is 1. The molecule has 3 aromatic rings. The van der Waals surface area contributed by atoms with Crippen LogP contribution in [0.2, 0.25) is 0 Å². The summed E-state index contributed by atoms with van der Waals surface area (Å²) >= 11 is 0. The Balaban J connectivity index is 1.23. The first-order valence-electron chi connectivity index (χ1n) is 12.0. The van der Waals surface area contributed by atoms with Crippen LogP contribution in [0, 0.1) is 6.92 Å². The van der Waals surface area contributed by atoms with Crippen molar-refractivity contribution in [1.82, 2.24) is 24.3 Å². The van der Waals surface area contributed by atoms with Crippen molar-refractivity contribution >= 4 is 5.91 Å². The first kappa shape index (κ1) is 22.6. The number of morpholine rings is 1. The SMILES string of the molecule is Cc1nccn1-c1cccc([C@H]2CCCN2C(=O)c2ccc(OCCN3CCOCC3)cc2)n1. The molecule has 1 atom stereocenters. The van der Waals surface area contributed by atoms with Gasteiger partial charge in [-0.05, 0) is 56.2 Å². The van der Waals surface area contributed by atoms with Crippen molar-refractivity contribution in [1.29, 1.82) is 0 Å². The summed E-state index contributed by atoms with van der Waals surface area (Å²) in [5.74, 6) is 2.53. The number of pyridine rings is 1. The van der Waals surface area contributed by atoms with Crippen LogP contribution >= 0.6 is 0 Å². The van der Waals surface area contributed by atoms with Crippen molar-refractivity contribution in [3.8, 4) is 11.6 Å². The van der Waals surface area contributed by atoms with Gasteiger partial charge in [-0.3, -0.25) is 14.3 Å². The highest BCUT2D eigenvalue weighted by molar-refractivity contribution is 5.94. The normalized spacial score (nSPS) is 18.9. The van der Waals surface area contributed by atoms with Crippen LogP contribution in [0.15, 0.2) is 54.9 Å². The molecular weight excluding hydrogens is 430 g/mol. The fraction of sp³-hybridized carbons (Fsp3) is 0.423. The molecule has 1 aromatic carbocycles. The highest BCUT2D eigenvalue weighted by atomic mass is 16.5. The van der Waals surface area contributed by atoms with Crippen LogP contribution in [0.5, 0.6) is 5.75 Å². The van der Waals surface area contributed by atoms with E-state index in [0.29, 0.717) is 12.2 Å². The molecule has 1 amide bonds. The highest BCUT2D eigenvalue weighted by Gasteiger charge is 2.31. The van der Waals surface area contributed by atoms with Gasteiger partial charge in [0.15, 0.2) is 0 Å². The Bertz CT molecular complexity index is 1110. The van der Waals surface area contributed by atoms with Crippen molar-refractivity contribution in [2.45, 2.75) is 25.8 Å². The first-order chi connectivity index (χ1) is 16.7. The quantitative estimate of drug-likeness (QED) is 0.538. The summed E-state index contributed by atoms with van der Waals surface area (Å²) in [5.41, 5.74) is 1.59. The van der Waals surface area contributed by atoms with Gasteiger partial charge in [-0.2, -0.15) is 0 Å². The fourth-order valence-electron chi connectivity index (χ4n) is 4.67. The molecule has 2 aromatic heterocycles. The summed E-state index contributed by atoms with van der Waals surface area (Å²) in [4.78, 5) is 26.8. The van der Waals surface area contributed by atoms with Gasteiger partial charge in [-0.1, -0.05) is 6.07 Å². The molecule has 34 heavy (non-hydrogen) atoms. The van der Waals surface area contributed by atoms with Crippen molar-refractivity contribution < 1.29 is 14.3 Å². The van der Waals surface area contributed by atoms with E-state index in [9.17, 15) is 4.79 Å². The van der Waals surface area contributed by atoms with E-state index in [1.54, 1.807) is 6.20 Å². The Hall–Kier alpha value is -3.23. The largest absolute Gasteiger partial charge is 0.492 e. The standard InChI is InChI=1S/C26H31N5O3/c1-20-27-11-13-30(20)25-6-2-4-23(28-25)24-5-3-12-31(24)26(32)21-7-9-22(10-8-21)34-19-16-29-14-17-33-18-15-29/h2,4,6-11,13,24H,3,5,12,14-19H2,1H3/t24-/m1/s1. The second-order valence-electron chi connectivity index (χ2n) is 8.75. The predicted molar refractivity (Wildman–Crippen MR) is 128 cm³/mol. The summed E-state index contributed by atoms with van der Waals surface area (Å²) in [6.45, 7) is 7.67. The number of rotatable bonds is 7. The zero-order valence-corrected chi connectivity index (χ0v) is 19.6. The van der Waals surface area contributed by atoms with Crippen LogP contribution in [-0.2, 0) is 4.74 Å². The van der Waals surface area contributed by atoms with Crippen LogP contribution in [0.1, 0.15) is 40.8 Å². The second kappa shape index (κ2) is 10.4. The summed E-state index contributed by atoms with van der Waals surface area (Å²) in [6.07, 6.45) is 5.55. The Labute approximate surface area is 200 Å². The molecule has 2 aliphatic rings. The van der Waals surface area contributed by atoms with Gasteiger partial charge < -0.3 is 14.4 Å². The topological polar surface area (TPSA) is 72.7 Å². The van der Waals surface area contributed by atoms with Gasteiger partial charge in [-0.25, -0.2) is 9.97 Å². The van der Waals surface area contributed by atoms with Gasteiger partial charge >= 0.3 is 0 Å². The molecule has 2 saturated heterocycles. The summed E-state index contributed by atoms with van der Waals surface area (Å²) < 4.78 is 13.2. The number of nitrogens with zero attached hydrogens (tertiary/aromatic N) is 5. The van der Waals surface area contributed by atoms with Crippen molar-refractivity contribution in [2.24, 2.45) is 0 Å². The van der Waals surface area contributed by atoms with E-state index in [0.717, 1.165) is 75.3 Å². The van der Waals surface area contributed by atoms with E-state index in [4.69, 9.17) is 14.5 Å². The number of likely N-dealkylation sites (tertiary alicyclic amines) is 1. The molecule has 0 bridgehead atoms. The van der Waals surface area contributed by atoms with Crippen LogP contribution in [0.3, 0.4) is 0 Å². The number of carbonyl (C=O) groups excluding carboxylic acids is 1. The molecule has 8 nitrogen and oxygen atoms in total. The number of imidazole rings is 1. The summed E-state index contributed by atoms with van der Waals surface area (Å²) in [7, 11) is 0. The smallest absolute Gasteiger partial charge is 0.254 e. The minimum Gasteiger partial charge on any atom is -0.492 e. The molecule has 5 rings (SSSR count). The Kier molecular flexibility index (Phi) is 6.87. The van der Waals surface area contributed by atoms with E-state index in [2.05, 4.69) is 9.88 Å². The number of hydrogen-bond acceptors (Lipinski definition) is 6. The molecule has 0 N–H and O–H groups in total. The van der Waals surface area contributed by atoms with Crippen LogP contribution in [-0.4, -0.2) is 76.2 Å². The molecule has 0 saturated carbocycles. The van der Waals surface area contributed by atoms with E-state index in [1.165, 1.54) is 0 Å². The summed E-state index contributed by atoms with van der Waals surface area (Å²) in [5, 5.41) is 0. The third-order valence-electron chi connectivity index (χ3n) is 6.56. The number of aryl methyl sites for hydroxylation is 1.